The lowest BCUT2D eigenvalue weighted by atomic mass is 9.84. The van der Waals surface area contributed by atoms with Gasteiger partial charge in [0.05, 0.1) is 5.52 Å². The van der Waals surface area contributed by atoms with Crippen molar-refractivity contribution in [3.05, 3.63) is 65.4 Å². The number of nitrogens with one attached hydrogen (secondary N) is 1. The van der Waals surface area contributed by atoms with Gasteiger partial charge in [-0.3, -0.25) is 9.78 Å². The Morgan fingerprint density at radius 2 is 1.90 bits per heavy atom. The standard InChI is InChI=1S/C25H29N3O/c1-17-15-23(26)22-16-20(13-14-24(22)27-17)28-25(29)21-10-6-5-9-19(21)12-11-18-7-3-2-4-8-18/h5-6,9-10,13-16,18H,2-4,7-8,11-12H2,1H3,(H2,26,27)(H,28,29). The van der Waals surface area contributed by atoms with E-state index in [0.29, 0.717) is 5.69 Å². The van der Waals surface area contributed by atoms with E-state index in [1.807, 2.05) is 49.4 Å². The first-order chi connectivity index (χ1) is 14.1. The summed E-state index contributed by atoms with van der Waals surface area (Å²) >= 11 is 0. The molecule has 0 unspecified atom stereocenters. The van der Waals surface area contributed by atoms with Crippen LogP contribution in [0.25, 0.3) is 10.9 Å². The molecule has 0 aliphatic heterocycles. The number of hydrogen-bond acceptors (Lipinski definition) is 3. The molecule has 3 aromatic rings. The molecule has 4 nitrogen and oxygen atoms in total. The number of carbonyl (C=O) groups is 1. The molecule has 0 spiro atoms. The minimum absolute atomic E-state index is 0.0674. The third kappa shape index (κ3) is 4.58. The van der Waals surface area contributed by atoms with Crippen molar-refractivity contribution >= 4 is 28.2 Å². The van der Waals surface area contributed by atoms with Gasteiger partial charge in [0.2, 0.25) is 0 Å². The largest absolute Gasteiger partial charge is 0.398 e. The van der Waals surface area contributed by atoms with Gasteiger partial charge in [-0.1, -0.05) is 50.3 Å². The molecule has 0 bridgehead atoms. The van der Waals surface area contributed by atoms with Gasteiger partial charge in [-0.25, -0.2) is 0 Å². The molecule has 1 aliphatic carbocycles. The lowest BCUT2D eigenvalue weighted by molar-refractivity contribution is 0.102. The third-order valence-corrected chi connectivity index (χ3v) is 6.04. The number of benzene rings is 2. The van der Waals surface area contributed by atoms with Crippen LogP contribution in [0.1, 0.15) is 60.1 Å². The quantitative estimate of drug-likeness (QED) is 0.573. The molecule has 1 amide bonds. The third-order valence-electron chi connectivity index (χ3n) is 6.04. The fourth-order valence-electron chi connectivity index (χ4n) is 4.46. The molecule has 1 heterocycles. The van der Waals surface area contributed by atoms with E-state index in [2.05, 4.69) is 16.4 Å². The number of amides is 1. The first kappa shape index (κ1) is 19.4. The van der Waals surface area contributed by atoms with Crippen LogP contribution in [-0.2, 0) is 6.42 Å². The Morgan fingerprint density at radius 3 is 2.72 bits per heavy atom. The molecule has 1 aromatic heterocycles. The average Bonchev–Trinajstić information content (AvgIpc) is 2.73. The van der Waals surface area contributed by atoms with Gasteiger partial charge in [0, 0.05) is 28.0 Å². The summed E-state index contributed by atoms with van der Waals surface area (Å²) < 4.78 is 0. The number of aryl methyl sites for hydroxylation is 2. The second kappa shape index (κ2) is 8.64. The van der Waals surface area contributed by atoms with Crippen LogP contribution >= 0.6 is 0 Å². The van der Waals surface area contributed by atoms with Crippen LogP contribution in [0.4, 0.5) is 11.4 Å². The summed E-state index contributed by atoms with van der Waals surface area (Å²) in [5.74, 6) is 0.738. The number of nitrogens with zero attached hydrogens (tertiary/aromatic N) is 1. The number of pyridine rings is 1. The molecule has 0 atom stereocenters. The molecule has 0 radical (unpaired) electrons. The lowest BCUT2D eigenvalue weighted by Gasteiger charge is -2.21. The van der Waals surface area contributed by atoms with Crippen LogP contribution in [0.5, 0.6) is 0 Å². The van der Waals surface area contributed by atoms with Crippen molar-refractivity contribution < 1.29 is 4.79 Å². The maximum Gasteiger partial charge on any atom is 0.255 e. The van der Waals surface area contributed by atoms with Gasteiger partial charge in [0.15, 0.2) is 0 Å². The summed E-state index contributed by atoms with van der Waals surface area (Å²) in [6, 6.07) is 15.5. The van der Waals surface area contributed by atoms with Gasteiger partial charge in [-0.2, -0.15) is 0 Å². The molecule has 1 saturated carbocycles. The number of anilines is 2. The highest BCUT2D eigenvalue weighted by Gasteiger charge is 2.16. The van der Waals surface area contributed by atoms with Crippen molar-refractivity contribution in [1.29, 1.82) is 0 Å². The van der Waals surface area contributed by atoms with Gasteiger partial charge >= 0.3 is 0 Å². The van der Waals surface area contributed by atoms with Gasteiger partial charge in [0.25, 0.3) is 5.91 Å². The highest BCUT2D eigenvalue weighted by atomic mass is 16.1. The lowest BCUT2D eigenvalue weighted by Crippen LogP contribution is -2.15. The topological polar surface area (TPSA) is 68.0 Å². The molecule has 1 aliphatic rings. The summed E-state index contributed by atoms with van der Waals surface area (Å²) in [7, 11) is 0. The summed E-state index contributed by atoms with van der Waals surface area (Å²) in [5, 5.41) is 3.91. The van der Waals surface area contributed by atoms with Crippen LogP contribution in [-0.4, -0.2) is 10.9 Å². The molecule has 4 heteroatoms. The van der Waals surface area contributed by atoms with E-state index in [4.69, 9.17) is 5.73 Å². The van der Waals surface area contributed by atoms with E-state index in [1.165, 1.54) is 38.5 Å². The summed E-state index contributed by atoms with van der Waals surface area (Å²) in [5.41, 5.74) is 11.2. The summed E-state index contributed by atoms with van der Waals surface area (Å²) in [4.78, 5) is 17.5. The highest BCUT2D eigenvalue weighted by Crippen LogP contribution is 2.28. The van der Waals surface area contributed by atoms with E-state index in [1.54, 1.807) is 0 Å². The minimum atomic E-state index is -0.0674. The van der Waals surface area contributed by atoms with Crippen molar-refractivity contribution in [2.45, 2.75) is 51.9 Å². The van der Waals surface area contributed by atoms with Crippen molar-refractivity contribution in [2.75, 3.05) is 11.1 Å². The van der Waals surface area contributed by atoms with E-state index in [-0.39, 0.29) is 5.91 Å². The number of nitrogens with two attached hydrogens (primary N) is 1. The Kier molecular flexibility index (Phi) is 5.79. The number of aromatic nitrogens is 1. The molecule has 2 aromatic carbocycles. The number of carbonyl (C=O) groups excluding carboxylic acids is 1. The number of rotatable bonds is 5. The maximum absolute atomic E-state index is 13.0. The Balaban J connectivity index is 1.50. The molecule has 29 heavy (non-hydrogen) atoms. The normalized spacial score (nSPS) is 14.8. The van der Waals surface area contributed by atoms with E-state index < -0.39 is 0 Å². The van der Waals surface area contributed by atoms with Crippen LogP contribution in [0.2, 0.25) is 0 Å². The van der Waals surface area contributed by atoms with E-state index >= 15 is 0 Å². The Bertz CT molecular complexity index is 1020. The smallest absolute Gasteiger partial charge is 0.255 e. The number of hydrogen-bond donors (Lipinski definition) is 2. The second-order valence-electron chi connectivity index (χ2n) is 8.24. The van der Waals surface area contributed by atoms with Crippen molar-refractivity contribution in [3.63, 3.8) is 0 Å². The monoisotopic (exact) mass is 387 g/mol. The molecule has 1 fully saturated rings. The zero-order chi connectivity index (χ0) is 20.2. The van der Waals surface area contributed by atoms with E-state index in [9.17, 15) is 4.79 Å². The average molecular weight is 388 g/mol. The first-order valence-electron chi connectivity index (χ1n) is 10.7. The predicted octanol–water partition coefficient (Wildman–Crippen LogP) is 5.89. The number of fused-ring (bicyclic) bond motifs is 1. The minimum Gasteiger partial charge on any atom is -0.398 e. The van der Waals surface area contributed by atoms with Crippen LogP contribution in [0.15, 0.2) is 48.5 Å². The predicted molar refractivity (Wildman–Crippen MR) is 120 cm³/mol. The van der Waals surface area contributed by atoms with Gasteiger partial charge in [-0.05, 0) is 61.6 Å². The van der Waals surface area contributed by atoms with Crippen molar-refractivity contribution in [1.82, 2.24) is 4.98 Å². The fraction of sp³-hybridized carbons (Fsp3) is 0.360. The molecular formula is C25H29N3O. The zero-order valence-electron chi connectivity index (χ0n) is 17.1. The SMILES string of the molecule is Cc1cc(N)c2cc(NC(=O)c3ccccc3CCC3CCCCC3)ccc2n1. The fourth-order valence-corrected chi connectivity index (χ4v) is 4.46. The molecule has 150 valence electrons. The van der Waals surface area contributed by atoms with Gasteiger partial charge < -0.3 is 11.1 Å². The second-order valence-corrected chi connectivity index (χ2v) is 8.24. The van der Waals surface area contributed by atoms with Crippen molar-refractivity contribution in [2.24, 2.45) is 5.92 Å². The van der Waals surface area contributed by atoms with Gasteiger partial charge in [-0.15, -0.1) is 0 Å². The molecule has 3 N–H and O–H groups in total. The van der Waals surface area contributed by atoms with Crippen LogP contribution < -0.4 is 11.1 Å². The molecular weight excluding hydrogens is 358 g/mol. The molecule has 0 saturated heterocycles. The van der Waals surface area contributed by atoms with Crippen molar-refractivity contribution in [3.8, 4) is 0 Å². The molecule has 4 rings (SSSR count). The van der Waals surface area contributed by atoms with Crippen LogP contribution in [0, 0.1) is 12.8 Å². The summed E-state index contributed by atoms with van der Waals surface area (Å²) in [6.07, 6.45) is 8.88. The van der Waals surface area contributed by atoms with Crippen LogP contribution in [0.3, 0.4) is 0 Å². The first-order valence-corrected chi connectivity index (χ1v) is 10.7. The van der Waals surface area contributed by atoms with Gasteiger partial charge in [0.1, 0.15) is 0 Å². The number of nitrogen functional groups attached to an aromatic ring is 1. The Labute approximate surface area is 172 Å². The Hall–Kier alpha value is -2.88. The Morgan fingerprint density at radius 1 is 1.10 bits per heavy atom. The highest BCUT2D eigenvalue weighted by molar-refractivity contribution is 6.06. The maximum atomic E-state index is 13.0. The zero-order valence-corrected chi connectivity index (χ0v) is 17.1. The summed E-state index contributed by atoms with van der Waals surface area (Å²) in [6.45, 7) is 1.93. The van der Waals surface area contributed by atoms with E-state index in [0.717, 1.165) is 45.7 Å².